The monoisotopic (exact) mass is 193 g/mol. The van der Waals surface area contributed by atoms with Crippen molar-refractivity contribution in [3.05, 3.63) is 0 Å². The summed E-state index contributed by atoms with van der Waals surface area (Å²) in [5.74, 6) is -0.627. The van der Waals surface area contributed by atoms with E-state index < -0.39 is 12.0 Å². The summed E-state index contributed by atoms with van der Waals surface area (Å²) < 4.78 is 0. The minimum Gasteiger partial charge on any atom is -0.480 e. The maximum atomic E-state index is 10.5. The molecule has 1 fully saturated rings. The third kappa shape index (κ3) is 2.99. The highest BCUT2D eigenvalue weighted by Crippen LogP contribution is 2.25. The predicted octanol–water partition coefficient (Wildman–Crippen LogP) is 1.40. The first-order valence-corrected chi connectivity index (χ1v) is 4.20. The van der Waals surface area contributed by atoms with Crippen LogP contribution in [-0.2, 0) is 4.79 Å². The minimum atomic E-state index is -0.850. The molecule has 3 N–H and O–H groups in total. The van der Waals surface area contributed by atoms with Crippen LogP contribution in [-0.4, -0.2) is 17.1 Å². The average Bonchev–Trinajstić information content (AvgIpc) is 2.05. The van der Waals surface area contributed by atoms with E-state index in [1.165, 1.54) is 6.42 Å². The molecule has 72 valence electrons. The van der Waals surface area contributed by atoms with Gasteiger partial charge in [-0.2, -0.15) is 0 Å². The molecule has 1 aliphatic rings. The molecule has 0 aromatic heterocycles. The number of aliphatic carboxylic acids is 1. The summed E-state index contributed by atoms with van der Waals surface area (Å²) >= 11 is 0. The second kappa shape index (κ2) is 5.38. The Kier molecular flexibility index (Phi) is 5.25. The molecule has 0 aromatic carbocycles. The van der Waals surface area contributed by atoms with Gasteiger partial charge in [-0.1, -0.05) is 19.3 Å². The molecule has 0 bridgehead atoms. The zero-order valence-electron chi connectivity index (χ0n) is 7.03. The summed E-state index contributed by atoms with van der Waals surface area (Å²) in [6.45, 7) is 0. The van der Waals surface area contributed by atoms with Gasteiger partial charge in [0, 0.05) is 0 Å². The zero-order chi connectivity index (χ0) is 8.27. The summed E-state index contributed by atoms with van der Waals surface area (Å²) in [6.07, 6.45) is 5.51. The van der Waals surface area contributed by atoms with E-state index in [-0.39, 0.29) is 18.3 Å². The van der Waals surface area contributed by atoms with Crippen LogP contribution in [0.1, 0.15) is 32.1 Å². The van der Waals surface area contributed by atoms with E-state index in [0.29, 0.717) is 0 Å². The summed E-state index contributed by atoms with van der Waals surface area (Å²) in [4.78, 5) is 10.5. The molecule has 3 nitrogen and oxygen atoms in total. The van der Waals surface area contributed by atoms with Crippen molar-refractivity contribution >= 4 is 18.4 Å². The average molecular weight is 194 g/mol. The maximum absolute atomic E-state index is 10.5. The van der Waals surface area contributed by atoms with Crippen LogP contribution in [0.5, 0.6) is 0 Å². The van der Waals surface area contributed by atoms with Gasteiger partial charge in [0.25, 0.3) is 0 Å². The minimum absolute atomic E-state index is 0. The molecule has 1 rings (SSSR count). The van der Waals surface area contributed by atoms with Gasteiger partial charge in [0.15, 0.2) is 0 Å². The first kappa shape index (κ1) is 11.7. The van der Waals surface area contributed by atoms with Crippen LogP contribution < -0.4 is 5.73 Å². The molecule has 1 atom stereocenters. The van der Waals surface area contributed by atoms with Gasteiger partial charge in [0.05, 0.1) is 0 Å². The number of halogens is 1. The first-order valence-electron chi connectivity index (χ1n) is 4.20. The fourth-order valence-corrected chi connectivity index (χ4v) is 1.69. The van der Waals surface area contributed by atoms with Crippen LogP contribution in [0.25, 0.3) is 0 Å². The molecular formula is C8H16ClNO2. The summed E-state index contributed by atoms with van der Waals surface area (Å²) in [7, 11) is 0. The van der Waals surface area contributed by atoms with Crippen LogP contribution in [0.15, 0.2) is 0 Å². The molecule has 0 aromatic rings. The van der Waals surface area contributed by atoms with Crippen LogP contribution in [0.2, 0.25) is 0 Å². The van der Waals surface area contributed by atoms with Crippen LogP contribution in [0.4, 0.5) is 0 Å². The largest absolute Gasteiger partial charge is 0.480 e. The van der Waals surface area contributed by atoms with Crippen LogP contribution >= 0.6 is 12.4 Å². The van der Waals surface area contributed by atoms with Gasteiger partial charge in [-0.3, -0.25) is 4.79 Å². The fourth-order valence-electron chi connectivity index (χ4n) is 1.69. The molecule has 0 aliphatic heterocycles. The Morgan fingerprint density at radius 1 is 1.33 bits per heavy atom. The summed E-state index contributed by atoms with van der Waals surface area (Å²) in [5.41, 5.74) is 5.49. The smallest absolute Gasteiger partial charge is 0.320 e. The third-order valence-electron chi connectivity index (χ3n) is 2.44. The van der Waals surface area contributed by atoms with E-state index in [1.807, 2.05) is 0 Å². The van der Waals surface area contributed by atoms with Crippen molar-refractivity contribution in [1.29, 1.82) is 0 Å². The van der Waals surface area contributed by atoms with E-state index in [9.17, 15) is 4.79 Å². The Bertz CT molecular complexity index is 146. The second-order valence-electron chi connectivity index (χ2n) is 3.26. The van der Waals surface area contributed by atoms with Crippen molar-refractivity contribution in [2.24, 2.45) is 11.7 Å². The van der Waals surface area contributed by atoms with Crippen molar-refractivity contribution in [3.63, 3.8) is 0 Å². The van der Waals surface area contributed by atoms with Crippen molar-refractivity contribution < 1.29 is 9.90 Å². The normalized spacial score (nSPS) is 21.1. The molecular weight excluding hydrogens is 178 g/mol. The Hall–Kier alpha value is -0.280. The SMILES string of the molecule is Cl.NC(C(=O)O)C1CCCCC1. The number of carbonyl (C=O) groups is 1. The maximum Gasteiger partial charge on any atom is 0.320 e. The van der Waals surface area contributed by atoms with Gasteiger partial charge in [-0.15, -0.1) is 12.4 Å². The number of nitrogens with two attached hydrogens (primary N) is 1. The molecule has 0 radical (unpaired) electrons. The topological polar surface area (TPSA) is 63.3 Å². The number of hydrogen-bond acceptors (Lipinski definition) is 2. The lowest BCUT2D eigenvalue weighted by Gasteiger charge is -2.24. The first-order chi connectivity index (χ1) is 5.22. The molecule has 0 saturated heterocycles. The molecule has 1 aliphatic carbocycles. The van der Waals surface area contributed by atoms with Gasteiger partial charge in [-0.05, 0) is 18.8 Å². The Labute approximate surface area is 78.7 Å². The summed E-state index contributed by atoms with van der Waals surface area (Å²) in [5, 5.41) is 8.61. The predicted molar refractivity (Wildman–Crippen MR) is 49.4 cm³/mol. The van der Waals surface area contributed by atoms with Crippen molar-refractivity contribution in [3.8, 4) is 0 Å². The van der Waals surface area contributed by atoms with Crippen molar-refractivity contribution in [1.82, 2.24) is 0 Å². The van der Waals surface area contributed by atoms with E-state index in [1.54, 1.807) is 0 Å². The lowest BCUT2D eigenvalue weighted by Crippen LogP contribution is -2.38. The number of hydrogen-bond donors (Lipinski definition) is 2. The van der Waals surface area contributed by atoms with Crippen molar-refractivity contribution in [2.75, 3.05) is 0 Å². The third-order valence-corrected chi connectivity index (χ3v) is 2.44. The highest BCUT2D eigenvalue weighted by Gasteiger charge is 2.25. The quantitative estimate of drug-likeness (QED) is 0.697. The van der Waals surface area contributed by atoms with Gasteiger partial charge in [-0.25, -0.2) is 0 Å². The number of carboxylic acid groups (broad SMARTS) is 1. The van der Waals surface area contributed by atoms with Gasteiger partial charge < -0.3 is 10.8 Å². The Morgan fingerprint density at radius 3 is 2.25 bits per heavy atom. The summed E-state index contributed by atoms with van der Waals surface area (Å²) in [6, 6.07) is -0.629. The Morgan fingerprint density at radius 2 is 1.83 bits per heavy atom. The van der Waals surface area contributed by atoms with E-state index in [4.69, 9.17) is 10.8 Å². The molecule has 0 spiro atoms. The molecule has 0 amide bonds. The van der Waals surface area contributed by atoms with Gasteiger partial charge in [0.2, 0.25) is 0 Å². The van der Waals surface area contributed by atoms with E-state index in [0.717, 1.165) is 25.7 Å². The van der Waals surface area contributed by atoms with Crippen molar-refractivity contribution in [2.45, 2.75) is 38.1 Å². The highest BCUT2D eigenvalue weighted by atomic mass is 35.5. The second-order valence-corrected chi connectivity index (χ2v) is 3.26. The molecule has 1 unspecified atom stereocenters. The Balaban J connectivity index is 0.00000121. The van der Waals surface area contributed by atoms with Gasteiger partial charge in [0.1, 0.15) is 6.04 Å². The molecule has 12 heavy (non-hydrogen) atoms. The van der Waals surface area contributed by atoms with Crippen LogP contribution in [0.3, 0.4) is 0 Å². The fraction of sp³-hybridized carbons (Fsp3) is 0.875. The number of carboxylic acids is 1. The van der Waals surface area contributed by atoms with E-state index in [2.05, 4.69) is 0 Å². The standard InChI is InChI=1S/C8H15NO2.ClH/c9-7(8(10)11)6-4-2-1-3-5-6;/h6-7H,1-5,9H2,(H,10,11);1H. The van der Waals surface area contributed by atoms with Crippen LogP contribution in [0, 0.1) is 5.92 Å². The van der Waals surface area contributed by atoms with Gasteiger partial charge >= 0.3 is 5.97 Å². The van der Waals surface area contributed by atoms with E-state index >= 15 is 0 Å². The highest BCUT2D eigenvalue weighted by molar-refractivity contribution is 5.85. The lowest BCUT2D eigenvalue weighted by atomic mass is 9.84. The lowest BCUT2D eigenvalue weighted by molar-refractivity contribution is -0.140. The molecule has 1 saturated carbocycles. The number of rotatable bonds is 2. The molecule has 0 heterocycles. The zero-order valence-corrected chi connectivity index (χ0v) is 7.85. The molecule has 4 heteroatoms.